The van der Waals surface area contributed by atoms with Crippen molar-refractivity contribution in [2.45, 2.75) is 38.8 Å². The van der Waals surface area contributed by atoms with Crippen LogP contribution in [0.1, 0.15) is 38.3 Å². The van der Waals surface area contributed by atoms with Crippen molar-refractivity contribution >= 4 is 18.1 Å². The maximum absolute atomic E-state index is 10.8. The van der Waals surface area contributed by atoms with Gasteiger partial charge in [0.25, 0.3) is 0 Å². The lowest BCUT2D eigenvalue weighted by Crippen LogP contribution is -2.26. The SMILES string of the molecule is CC(C)CC[C@@H](O)[C@@H](N)c1cc(O)c(O)c([N+](=O)[O-])c1.Cl. The van der Waals surface area contributed by atoms with Gasteiger partial charge in [0.05, 0.1) is 17.1 Å². The van der Waals surface area contributed by atoms with E-state index in [0.717, 1.165) is 18.6 Å². The number of hydrogen-bond acceptors (Lipinski definition) is 6. The van der Waals surface area contributed by atoms with Crippen LogP contribution in [0.3, 0.4) is 0 Å². The number of aliphatic hydroxyl groups excluding tert-OH is 1. The van der Waals surface area contributed by atoms with Crippen LogP contribution in [0.5, 0.6) is 11.5 Å². The first-order valence-corrected chi connectivity index (χ1v) is 6.38. The van der Waals surface area contributed by atoms with E-state index in [1.165, 1.54) is 0 Å². The van der Waals surface area contributed by atoms with Gasteiger partial charge in [-0.05, 0) is 30.4 Å². The molecule has 0 spiro atoms. The van der Waals surface area contributed by atoms with Gasteiger partial charge in [0.2, 0.25) is 5.75 Å². The van der Waals surface area contributed by atoms with Crippen molar-refractivity contribution in [2.75, 3.05) is 0 Å². The molecular formula is C13H21ClN2O5. The van der Waals surface area contributed by atoms with Crippen LogP contribution in [-0.2, 0) is 0 Å². The molecule has 0 heterocycles. The van der Waals surface area contributed by atoms with Crippen molar-refractivity contribution in [3.8, 4) is 11.5 Å². The molecule has 0 radical (unpaired) electrons. The summed E-state index contributed by atoms with van der Waals surface area (Å²) in [6.07, 6.45) is 0.343. The third kappa shape index (κ3) is 5.04. The van der Waals surface area contributed by atoms with Crippen LogP contribution >= 0.6 is 12.4 Å². The van der Waals surface area contributed by atoms with Gasteiger partial charge < -0.3 is 21.1 Å². The van der Waals surface area contributed by atoms with E-state index in [-0.39, 0.29) is 18.0 Å². The Balaban J connectivity index is 0.00000400. The van der Waals surface area contributed by atoms with Gasteiger partial charge in [-0.25, -0.2) is 0 Å². The van der Waals surface area contributed by atoms with Crippen molar-refractivity contribution in [3.05, 3.63) is 27.8 Å². The van der Waals surface area contributed by atoms with Crippen molar-refractivity contribution in [1.29, 1.82) is 0 Å². The first-order chi connectivity index (χ1) is 9.23. The smallest absolute Gasteiger partial charge is 0.314 e. The molecule has 2 atom stereocenters. The Morgan fingerprint density at radius 1 is 1.29 bits per heavy atom. The largest absolute Gasteiger partial charge is 0.504 e. The number of nitro groups is 1. The lowest BCUT2D eigenvalue weighted by Gasteiger charge is -2.20. The number of aliphatic hydroxyl groups is 1. The van der Waals surface area contributed by atoms with Crippen molar-refractivity contribution < 1.29 is 20.2 Å². The summed E-state index contributed by atoms with van der Waals surface area (Å²) in [5, 5.41) is 39.6. The zero-order valence-corrected chi connectivity index (χ0v) is 12.7. The van der Waals surface area contributed by atoms with Gasteiger partial charge in [0.1, 0.15) is 0 Å². The van der Waals surface area contributed by atoms with E-state index in [1.807, 2.05) is 13.8 Å². The van der Waals surface area contributed by atoms with Gasteiger partial charge in [-0.2, -0.15) is 0 Å². The normalized spacial score (nSPS) is 13.6. The summed E-state index contributed by atoms with van der Waals surface area (Å²) in [6, 6.07) is 1.34. The molecule has 8 heteroatoms. The van der Waals surface area contributed by atoms with E-state index in [0.29, 0.717) is 12.3 Å². The van der Waals surface area contributed by atoms with E-state index in [9.17, 15) is 25.4 Å². The summed E-state index contributed by atoms with van der Waals surface area (Å²) in [4.78, 5) is 9.95. The number of nitrogens with two attached hydrogens (primary N) is 1. The van der Waals surface area contributed by atoms with Gasteiger partial charge in [0, 0.05) is 6.07 Å². The average Bonchev–Trinajstić information content (AvgIpc) is 2.37. The lowest BCUT2D eigenvalue weighted by atomic mass is 9.95. The van der Waals surface area contributed by atoms with Crippen LogP contribution in [0.25, 0.3) is 0 Å². The highest BCUT2D eigenvalue weighted by atomic mass is 35.5. The Morgan fingerprint density at radius 3 is 2.33 bits per heavy atom. The van der Waals surface area contributed by atoms with Crippen molar-refractivity contribution in [2.24, 2.45) is 11.7 Å². The lowest BCUT2D eigenvalue weighted by molar-refractivity contribution is -0.386. The molecule has 0 aliphatic carbocycles. The summed E-state index contributed by atoms with van der Waals surface area (Å²) >= 11 is 0. The zero-order valence-electron chi connectivity index (χ0n) is 11.9. The first-order valence-electron chi connectivity index (χ1n) is 6.38. The fraction of sp³-hybridized carbons (Fsp3) is 0.538. The monoisotopic (exact) mass is 320 g/mol. The van der Waals surface area contributed by atoms with Crippen molar-refractivity contribution in [1.82, 2.24) is 0 Å². The minimum atomic E-state index is -0.874. The van der Waals surface area contributed by atoms with Gasteiger partial charge in [-0.15, -0.1) is 12.4 Å². The summed E-state index contributed by atoms with van der Waals surface area (Å²) < 4.78 is 0. The molecule has 0 fully saturated rings. The third-order valence-electron chi connectivity index (χ3n) is 3.13. The molecule has 21 heavy (non-hydrogen) atoms. The highest BCUT2D eigenvalue weighted by molar-refractivity contribution is 5.85. The van der Waals surface area contributed by atoms with Gasteiger partial charge in [0.15, 0.2) is 5.75 Å². The number of rotatable bonds is 6. The Labute approximate surface area is 129 Å². The molecule has 5 N–H and O–H groups in total. The van der Waals surface area contributed by atoms with Crippen molar-refractivity contribution in [3.63, 3.8) is 0 Å². The van der Waals surface area contributed by atoms with E-state index < -0.39 is 34.3 Å². The second-order valence-corrected chi connectivity index (χ2v) is 5.23. The fourth-order valence-electron chi connectivity index (χ4n) is 1.86. The predicted molar refractivity (Wildman–Crippen MR) is 80.7 cm³/mol. The number of aromatic hydroxyl groups is 2. The fourth-order valence-corrected chi connectivity index (χ4v) is 1.86. The van der Waals surface area contributed by atoms with Crippen LogP contribution in [0, 0.1) is 16.0 Å². The quantitative estimate of drug-likeness (QED) is 0.361. The van der Waals surface area contributed by atoms with E-state index in [2.05, 4.69) is 0 Å². The topological polar surface area (TPSA) is 130 Å². The molecule has 0 saturated carbocycles. The second kappa shape index (κ2) is 8.02. The molecule has 0 amide bonds. The van der Waals surface area contributed by atoms with Crippen LogP contribution < -0.4 is 5.73 Å². The van der Waals surface area contributed by atoms with Crippen LogP contribution in [-0.4, -0.2) is 26.3 Å². The number of benzene rings is 1. The summed E-state index contributed by atoms with van der Waals surface area (Å²) in [7, 11) is 0. The maximum Gasteiger partial charge on any atom is 0.314 e. The number of halogens is 1. The molecule has 1 aromatic rings. The summed E-state index contributed by atoms with van der Waals surface area (Å²) in [5.41, 5.74) is 5.43. The molecule has 1 aromatic carbocycles. The van der Waals surface area contributed by atoms with E-state index >= 15 is 0 Å². The van der Waals surface area contributed by atoms with E-state index in [1.54, 1.807) is 0 Å². The molecule has 0 bridgehead atoms. The molecule has 0 aliphatic heterocycles. The molecule has 0 unspecified atom stereocenters. The van der Waals surface area contributed by atoms with Crippen LogP contribution in [0.2, 0.25) is 0 Å². The Kier molecular flexibility index (Phi) is 7.42. The zero-order chi connectivity index (χ0) is 15.4. The third-order valence-corrected chi connectivity index (χ3v) is 3.13. The Hall–Kier alpha value is -1.57. The molecule has 120 valence electrons. The minimum Gasteiger partial charge on any atom is -0.504 e. The Morgan fingerprint density at radius 2 is 1.86 bits per heavy atom. The number of hydrogen-bond donors (Lipinski definition) is 4. The molecular weight excluding hydrogens is 300 g/mol. The Bertz CT molecular complexity index is 496. The molecule has 0 aliphatic rings. The standard InChI is InChI=1S/C13H20N2O5.ClH/c1-7(2)3-4-10(16)12(14)8-5-9(15(19)20)13(18)11(17)6-8;/h5-7,10,12,16-18H,3-4,14H2,1-2H3;1H/t10-,12+;/m1./s1. The molecule has 1 rings (SSSR count). The molecule has 7 nitrogen and oxygen atoms in total. The van der Waals surface area contributed by atoms with Crippen LogP contribution in [0.15, 0.2) is 12.1 Å². The van der Waals surface area contributed by atoms with Gasteiger partial charge in [-0.3, -0.25) is 10.1 Å². The predicted octanol–water partition coefficient (Wildman–Crippen LogP) is 2.22. The number of nitrogens with zero attached hydrogens (tertiary/aromatic N) is 1. The molecule has 0 saturated heterocycles. The van der Waals surface area contributed by atoms with Crippen LogP contribution in [0.4, 0.5) is 5.69 Å². The highest BCUT2D eigenvalue weighted by Crippen LogP contribution is 2.38. The number of phenolic OH excluding ortho intramolecular Hbond substituents is 2. The average molecular weight is 321 g/mol. The second-order valence-electron chi connectivity index (χ2n) is 5.23. The maximum atomic E-state index is 10.8. The number of phenols is 2. The summed E-state index contributed by atoms with van der Waals surface area (Å²) in [6.45, 7) is 4.02. The number of nitro benzene ring substituents is 1. The minimum absolute atomic E-state index is 0. The summed E-state index contributed by atoms with van der Waals surface area (Å²) in [5.74, 6) is -1.03. The van der Waals surface area contributed by atoms with Gasteiger partial charge >= 0.3 is 5.69 Å². The first kappa shape index (κ1) is 19.4. The highest BCUT2D eigenvalue weighted by Gasteiger charge is 2.24. The van der Waals surface area contributed by atoms with Gasteiger partial charge in [-0.1, -0.05) is 13.8 Å². The molecule has 0 aromatic heterocycles. The van der Waals surface area contributed by atoms with E-state index in [4.69, 9.17) is 5.73 Å².